The number of hydrogen-bond acceptors (Lipinski definition) is 7. The lowest BCUT2D eigenvalue weighted by atomic mass is 10.2. The number of rotatable bonds is 7. The Morgan fingerprint density at radius 2 is 1.77 bits per heavy atom. The minimum absolute atomic E-state index is 0.134. The van der Waals surface area contributed by atoms with E-state index in [0.717, 1.165) is 5.69 Å². The minimum Gasteiger partial charge on any atom is -0.483 e. The fourth-order valence-corrected chi connectivity index (χ4v) is 2.18. The van der Waals surface area contributed by atoms with Gasteiger partial charge in [-0.25, -0.2) is 4.79 Å². The lowest BCUT2D eigenvalue weighted by Crippen LogP contribution is -2.21. The molecule has 9 nitrogen and oxygen atoms in total. The number of nitrogens with two attached hydrogens (primary N) is 1. The smallest absolute Gasteiger partial charge is 0.342 e. The Morgan fingerprint density at radius 3 is 2.54 bits per heavy atom. The molecule has 1 heterocycles. The molecule has 0 unspecified atom stereocenters. The van der Waals surface area contributed by atoms with Gasteiger partial charge in [0.2, 0.25) is 0 Å². The molecular formula is C17H15N5O4. The van der Waals surface area contributed by atoms with Crippen molar-refractivity contribution in [1.29, 1.82) is 0 Å². The van der Waals surface area contributed by atoms with Crippen LogP contribution in [0.5, 0.6) is 5.75 Å². The molecule has 3 rings (SSSR count). The second-order valence-corrected chi connectivity index (χ2v) is 5.17. The molecule has 132 valence electrons. The number of nitrogens with zero attached hydrogens (tertiary/aromatic N) is 4. The molecular weight excluding hydrogens is 338 g/mol. The normalized spacial score (nSPS) is 10.3. The Morgan fingerprint density at radius 1 is 1.04 bits per heavy atom. The van der Waals surface area contributed by atoms with Gasteiger partial charge in [-0.15, -0.1) is 5.10 Å². The van der Waals surface area contributed by atoms with Gasteiger partial charge in [0.1, 0.15) is 11.3 Å². The fourth-order valence-electron chi connectivity index (χ4n) is 2.18. The number of ether oxygens (including phenoxy) is 2. The summed E-state index contributed by atoms with van der Waals surface area (Å²) >= 11 is 0. The number of carbonyl (C=O) groups excluding carboxylic acids is 2. The van der Waals surface area contributed by atoms with E-state index in [-0.39, 0.29) is 24.5 Å². The predicted molar refractivity (Wildman–Crippen MR) is 89.4 cm³/mol. The molecule has 3 aromatic rings. The van der Waals surface area contributed by atoms with E-state index in [1.807, 2.05) is 30.3 Å². The zero-order valence-corrected chi connectivity index (χ0v) is 13.6. The lowest BCUT2D eigenvalue weighted by Gasteiger charge is -2.10. The Hall–Kier alpha value is -3.75. The highest BCUT2D eigenvalue weighted by Crippen LogP contribution is 2.19. The molecule has 9 heteroatoms. The number of benzene rings is 2. The van der Waals surface area contributed by atoms with Crippen LogP contribution in [-0.4, -0.2) is 38.7 Å². The number of carbonyl (C=O) groups is 2. The van der Waals surface area contributed by atoms with Gasteiger partial charge in [-0.1, -0.05) is 30.3 Å². The van der Waals surface area contributed by atoms with Crippen molar-refractivity contribution in [2.45, 2.75) is 6.61 Å². The third kappa shape index (κ3) is 4.01. The van der Waals surface area contributed by atoms with Gasteiger partial charge >= 0.3 is 5.97 Å². The summed E-state index contributed by atoms with van der Waals surface area (Å²) in [5.74, 6) is -0.707. The van der Waals surface area contributed by atoms with Gasteiger partial charge in [0, 0.05) is 0 Å². The third-order valence-electron chi connectivity index (χ3n) is 3.34. The Bertz CT molecular complexity index is 910. The zero-order valence-electron chi connectivity index (χ0n) is 13.6. The number of esters is 1. The Balaban J connectivity index is 1.71. The predicted octanol–water partition coefficient (Wildman–Crippen LogP) is 0.883. The second kappa shape index (κ2) is 7.88. The van der Waals surface area contributed by atoms with Crippen molar-refractivity contribution >= 4 is 11.9 Å². The summed E-state index contributed by atoms with van der Waals surface area (Å²) in [4.78, 5) is 23.2. The maximum absolute atomic E-state index is 12.4. The molecule has 0 aliphatic carbocycles. The molecule has 0 bridgehead atoms. The average Bonchev–Trinajstić information content (AvgIpc) is 3.14. The molecule has 0 radical (unpaired) electrons. The maximum Gasteiger partial charge on any atom is 0.342 e. The first-order valence-electron chi connectivity index (χ1n) is 7.65. The van der Waals surface area contributed by atoms with Gasteiger partial charge in [-0.05, 0) is 34.7 Å². The van der Waals surface area contributed by atoms with Gasteiger partial charge in [0.25, 0.3) is 5.91 Å². The number of tetrazole rings is 1. The quantitative estimate of drug-likeness (QED) is 0.626. The maximum atomic E-state index is 12.4. The van der Waals surface area contributed by atoms with Crippen LogP contribution in [0.15, 0.2) is 54.6 Å². The summed E-state index contributed by atoms with van der Waals surface area (Å²) < 4.78 is 12.0. The van der Waals surface area contributed by atoms with Crippen LogP contribution in [0.1, 0.15) is 16.2 Å². The highest BCUT2D eigenvalue weighted by molar-refractivity contribution is 5.92. The molecule has 0 fully saturated rings. The molecule has 1 amide bonds. The van der Waals surface area contributed by atoms with Crippen LogP contribution < -0.4 is 10.5 Å². The van der Waals surface area contributed by atoms with E-state index in [4.69, 9.17) is 15.2 Å². The monoisotopic (exact) mass is 353 g/mol. The molecule has 1 aromatic heterocycles. The van der Waals surface area contributed by atoms with E-state index < -0.39 is 11.9 Å². The van der Waals surface area contributed by atoms with Crippen molar-refractivity contribution in [3.05, 3.63) is 66.0 Å². The average molecular weight is 353 g/mol. The van der Waals surface area contributed by atoms with Crippen molar-refractivity contribution < 1.29 is 19.1 Å². The van der Waals surface area contributed by atoms with Crippen LogP contribution in [0.3, 0.4) is 0 Å². The summed E-state index contributed by atoms with van der Waals surface area (Å²) in [5, 5.41) is 11.4. The molecule has 2 N–H and O–H groups in total. The standard InChI is InChI=1S/C17H15N5O4/c18-15(23)10-25-14-9-5-4-8-13(14)17(24)26-11-16-19-20-21-22(16)12-6-2-1-3-7-12/h1-9H,10-11H2,(H2,18,23). The van der Waals surface area contributed by atoms with Crippen molar-refractivity contribution in [3.8, 4) is 11.4 Å². The molecule has 0 atom stereocenters. The summed E-state index contributed by atoms with van der Waals surface area (Å²) in [6.45, 7) is -0.471. The van der Waals surface area contributed by atoms with Gasteiger partial charge in [-0.3, -0.25) is 4.79 Å². The number of aromatic nitrogens is 4. The first-order chi connectivity index (χ1) is 12.6. The molecule has 0 saturated carbocycles. The first kappa shape index (κ1) is 17.1. The van der Waals surface area contributed by atoms with E-state index in [1.54, 1.807) is 18.2 Å². The van der Waals surface area contributed by atoms with E-state index in [2.05, 4.69) is 15.5 Å². The molecule has 0 aliphatic rings. The van der Waals surface area contributed by atoms with Crippen molar-refractivity contribution in [2.75, 3.05) is 6.61 Å². The number of hydrogen-bond donors (Lipinski definition) is 1. The van der Waals surface area contributed by atoms with Crippen LogP contribution in [-0.2, 0) is 16.1 Å². The Labute approximate surface area is 148 Å². The van der Waals surface area contributed by atoms with E-state index in [1.165, 1.54) is 10.7 Å². The second-order valence-electron chi connectivity index (χ2n) is 5.17. The number of para-hydroxylation sites is 2. The SMILES string of the molecule is NC(=O)COc1ccccc1C(=O)OCc1nnnn1-c1ccccc1. The highest BCUT2D eigenvalue weighted by Gasteiger charge is 2.16. The van der Waals surface area contributed by atoms with E-state index in [0.29, 0.717) is 5.82 Å². The van der Waals surface area contributed by atoms with Crippen molar-refractivity contribution in [2.24, 2.45) is 5.73 Å². The molecule has 0 aliphatic heterocycles. The lowest BCUT2D eigenvalue weighted by molar-refractivity contribution is -0.119. The van der Waals surface area contributed by atoms with Crippen molar-refractivity contribution in [1.82, 2.24) is 20.2 Å². The topological polar surface area (TPSA) is 122 Å². The van der Waals surface area contributed by atoms with Gasteiger partial charge < -0.3 is 15.2 Å². The number of primary amides is 1. The van der Waals surface area contributed by atoms with Gasteiger partial charge in [0.05, 0.1) is 5.69 Å². The number of amides is 1. The summed E-state index contributed by atoms with van der Waals surface area (Å²) in [7, 11) is 0. The summed E-state index contributed by atoms with van der Waals surface area (Å²) in [6, 6.07) is 15.6. The highest BCUT2D eigenvalue weighted by atomic mass is 16.5. The molecule has 2 aromatic carbocycles. The molecule has 0 saturated heterocycles. The van der Waals surface area contributed by atoms with Crippen LogP contribution in [0.25, 0.3) is 5.69 Å². The van der Waals surface area contributed by atoms with E-state index >= 15 is 0 Å². The third-order valence-corrected chi connectivity index (χ3v) is 3.34. The van der Waals surface area contributed by atoms with Gasteiger partial charge in [0.15, 0.2) is 19.0 Å². The Kier molecular flexibility index (Phi) is 5.18. The van der Waals surface area contributed by atoms with Crippen LogP contribution in [0.2, 0.25) is 0 Å². The van der Waals surface area contributed by atoms with Crippen LogP contribution in [0, 0.1) is 0 Å². The first-order valence-corrected chi connectivity index (χ1v) is 7.65. The summed E-state index contributed by atoms with van der Waals surface area (Å²) in [5.41, 5.74) is 5.97. The molecule has 0 spiro atoms. The summed E-state index contributed by atoms with van der Waals surface area (Å²) in [6.07, 6.45) is 0. The van der Waals surface area contributed by atoms with Crippen LogP contribution >= 0.6 is 0 Å². The molecule has 26 heavy (non-hydrogen) atoms. The minimum atomic E-state index is -0.643. The fraction of sp³-hybridized carbons (Fsp3) is 0.118. The van der Waals surface area contributed by atoms with Crippen LogP contribution in [0.4, 0.5) is 0 Å². The van der Waals surface area contributed by atoms with Gasteiger partial charge in [-0.2, -0.15) is 4.68 Å². The zero-order chi connectivity index (χ0) is 18.4. The van der Waals surface area contributed by atoms with E-state index in [9.17, 15) is 9.59 Å². The van der Waals surface area contributed by atoms with Crippen molar-refractivity contribution in [3.63, 3.8) is 0 Å². The largest absolute Gasteiger partial charge is 0.483 e.